The average molecular weight is 386 g/mol. The molecular weight excluding hydrogens is 364 g/mol. The smallest absolute Gasteiger partial charge is 0.153 e. The fourth-order valence-corrected chi connectivity index (χ4v) is 4.17. The summed E-state index contributed by atoms with van der Waals surface area (Å²) in [6, 6.07) is 7.89. The van der Waals surface area contributed by atoms with Crippen molar-refractivity contribution in [3.8, 4) is 5.75 Å². The maximum Gasteiger partial charge on any atom is 0.153 e. The van der Waals surface area contributed by atoms with Gasteiger partial charge in [0.05, 0.1) is 29.3 Å². The summed E-state index contributed by atoms with van der Waals surface area (Å²) in [7, 11) is -3.01. The fraction of sp³-hybridized carbons (Fsp3) is 0.421. The van der Waals surface area contributed by atoms with Gasteiger partial charge in [-0.15, -0.1) is 0 Å². The summed E-state index contributed by atoms with van der Waals surface area (Å²) in [5.41, 5.74) is 3.73. The van der Waals surface area contributed by atoms with Crippen LogP contribution in [0.4, 0.5) is 5.82 Å². The molecule has 0 amide bonds. The average Bonchev–Trinajstić information content (AvgIpc) is 2.95. The van der Waals surface area contributed by atoms with Gasteiger partial charge in [-0.25, -0.2) is 18.4 Å². The van der Waals surface area contributed by atoms with Gasteiger partial charge in [-0.3, -0.25) is 4.99 Å². The van der Waals surface area contributed by atoms with Crippen molar-refractivity contribution < 1.29 is 13.2 Å². The lowest BCUT2D eigenvalue weighted by Gasteiger charge is -2.38. The third-order valence-electron chi connectivity index (χ3n) is 4.79. The van der Waals surface area contributed by atoms with E-state index in [-0.39, 0.29) is 11.4 Å². The van der Waals surface area contributed by atoms with Crippen molar-refractivity contribution in [3.63, 3.8) is 0 Å². The van der Waals surface area contributed by atoms with Crippen LogP contribution in [0.1, 0.15) is 30.7 Å². The molecule has 0 atom stereocenters. The molecule has 1 aromatic heterocycles. The second kappa shape index (κ2) is 6.60. The van der Waals surface area contributed by atoms with E-state index in [9.17, 15) is 8.42 Å². The molecule has 0 saturated carbocycles. The SMILES string of the molecule is CC(C)Oc1ccc2c(c1)C(c1cc(N3CC(S(C)(=O)=O)C3)ncn1)=NC2. The van der Waals surface area contributed by atoms with E-state index in [1.54, 1.807) is 0 Å². The molecule has 27 heavy (non-hydrogen) atoms. The summed E-state index contributed by atoms with van der Waals surface area (Å²) in [5, 5.41) is -0.323. The van der Waals surface area contributed by atoms with E-state index in [1.165, 1.54) is 12.6 Å². The zero-order chi connectivity index (χ0) is 19.2. The van der Waals surface area contributed by atoms with Crippen LogP contribution in [0.5, 0.6) is 5.75 Å². The molecule has 0 aliphatic carbocycles. The molecular formula is C19H22N4O3S. The first kappa shape index (κ1) is 17.9. The minimum atomic E-state index is -3.01. The first-order valence-corrected chi connectivity index (χ1v) is 10.9. The minimum absolute atomic E-state index is 0.102. The quantitative estimate of drug-likeness (QED) is 0.780. The van der Waals surface area contributed by atoms with Crippen LogP contribution in [0.2, 0.25) is 0 Å². The van der Waals surface area contributed by atoms with Crippen LogP contribution in [-0.2, 0) is 16.4 Å². The summed E-state index contributed by atoms with van der Waals surface area (Å²) in [6.45, 7) is 5.53. The van der Waals surface area contributed by atoms with Crippen LogP contribution in [0.3, 0.4) is 0 Å². The van der Waals surface area contributed by atoms with E-state index in [1.807, 2.05) is 43.0 Å². The summed E-state index contributed by atoms with van der Waals surface area (Å²) in [5.74, 6) is 1.54. The number of benzene rings is 1. The lowest BCUT2D eigenvalue weighted by atomic mass is 10.0. The highest BCUT2D eigenvalue weighted by Crippen LogP contribution is 2.29. The second-order valence-electron chi connectivity index (χ2n) is 7.27. The first-order valence-electron chi connectivity index (χ1n) is 8.92. The zero-order valence-electron chi connectivity index (χ0n) is 15.6. The van der Waals surface area contributed by atoms with Gasteiger partial charge in [-0.05, 0) is 31.5 Å². The van der Waals surface area contributed by atoms with Crippen LogP contribution in [-0.4, -0.2) is 54.8 Å². The molecule has 2 aliphatic heterocycles. The van der Waals surface area contributed by atoms with Gasteiger partial charge >= 0.3 is 0 Å². The fourth-order valence-electron chi connectivity index (χ4n) is 3.27. The number of aromatic nitrogens is 2. The Kier molecular flexibility index (Phi) is 4.38. The molecule has 3 heterocycles. The third-order valence-corrected chi connectivity index (χ3v) is 6.30. The van der Waals surface area contributed by atoms with Gasteiger partial charge < -0.3 is 9.64 Å². The number of anilines is 1. The van der Waals surface area contributed by atoms with Crippen LogP contribution < -0.4 is 9.64 Å². The maximum absolute atomic E-state index is 11.6. The van der Waals surface area contributed by atoms with Crippen molar-refractivity contribution in [1.29, 1.82) is 0 Å². The normalized spacial score (nSPS) is 16.9. The van der Waals surface area contributed by atoms with E-state index in [0.29, 0.717) is 19.6 Å². The molecule has 1 saturated heterocycles. The summed E-state index contributed by atoms with van der Waals surface area (Å²) >= 11 is 0. The maximum atomic E-state index is 11.6. The Morgan fingerprint density at radius 2 is 1.96 bits per heavy atom. The van der Waals surface area contributed by atoms with Crippen LogP contribution >= 0.6 is 0 Å². The highest BCUT2D eigenvalue weighted by Gasteiger charge is 2.35. The summed E-state index contributed by atoms with van der Waals surface area (Å²) in [6.07, 6.45) is 2.89. The lowest BCUT2D eigenvalue weighted by molar-refractivity contribution is 0.242. The Hall–Kier alpha value is -2.48. The van der Waals surface area contributed by atoms with E-state index < -0.39 is 9.84 Å². The van der Waals surface area contributed by atoms with Crippen LogP contribution in [0.15, 0.2) is 35.6 Å². The van der Waals surface area contributed by atoms with Crippen molar-refractivity contribution in [3.05, 3.63) is 47.4 Å². The minimum Gasteiger partial charge on any atom is -0.491 e. The number of hydrogen-bond donors (Lipinski definition) is 0. The molecule has 2 aromatic rings. The van der Waals surface area contributed by atoms with E-state index in [4.69, 9.17) is 4.74 Å². The largest absolute Gasteiger partial charge is 0.491 e. The van der Waals surface area contributed by atoms with E-state index in [0.717, 1.165) is 34.1 Å². The number of nitrogens with zero attached hydrogens (tertiary/aromatic N) is 4. The molecule has 0 unspecified atom stereocenters. The molecule has 4 rings (SSSR count). The molecule has 1 fully saturated rings. The second-order valence-corrected chi connectivity index (χ2v) is 9.59. The van der Waals surface area contributed by atoms with Gasteiger partial charge in [0.2, 0.25) is 0 Å². The van der Waals surface area contributed by atoms with Gasteiger partial charge in [-0.2, -0.15) is 0 Å². The number of ether oxygens (including phenoxy) is 1. The van der Waals surface area contributed by atoms with E-state index >= 15 is 0 Å². The predicted molar refractivity (Wildman–Crippen MR) is 104 cm³/mol. The van der Waals surface area contributed by atoms with Crippen LogP contribution in [0, 0.1) is 0 Å². The topological polar surface area (TPSA) is 84.8 Å². The first-order chi connectivity index (χ1) is 12.8. The molecule has 0 bridgehead atoms. The van der Waals surface area contributed by atoms with Crippen molar-refractivity contribution >= 4 is 21.4 Å². The lowest BCUT2D eigenvalue weighted by Crippen LogP contribution is -2.54. The number of sulfone groups is 1. The van der Waals surface area contributed by atoms with Crippen molar-refractivity contribution in [2.45, 2.75) is 31.7 Å². The van der Waals surface area contributed by atoms with Crippen molar-refractivity contribution in [2.24, 2.45) is 4.99 Å². The van der Waals surface area contributed by atoms with Crippen LogP contribution in [0.25, 0.3) is 0 Å². The third kappa shape index (κ3) is 3.53. The Morgan fingerprint density at radius 3 is 2.67 bits per heavy atom. The molecule has 142 valence electrons. The highest BCUT2D eigenvalue weighted by atomic mass is 32.2. The molecule has 1 aromatic carbocycles. The predicted octanol–water partition coefficient (Wildman–Crippen LogP) is 1.85. The molecule has 7 nitrogen and oxygen atoms in total. The monoisotopic (exact) mass is 386 g/mol. The summed E-state index contributed by atoms with van der Waals surface area (Å²) < 4.78 is 29.0. The molecule has 0 N–H and O–H groups in total. The van der Waals surface area contributed by atoms with Crippen molar-refractivity contribution in [2.75, 3.05) is 24.2 Å². The highest BCUT2D eigenvalue weighted by molar-refractivity contribution is 7.91. The van der Waals surface area contributed by atoms with E-state index in [2.05, 4.69) is 15.0 Å². The summed E-state index contributed by atoms with van der Waals surface area (Å²) in [4.78, 5) is 15.3. The van der Waals surface area contributed by atoms with Gasteiger partial charge in [0, 0.05) is 31.0 Å². The van der Waals surface area contributed by atoms with Gasteiger partial charge in [0.25, 0.3) is 0 Å². The Balaban J connectivity index is 1.58. The van der Waals surface area contributed by atoms with Gasteiger partial charge in [0.1, 0.15) is 17.9 Å². The molecule has 0 radical (unpaired) electrons. The zero-order valence-corrected chi connectivity index (χ0v) is 16.4. The standard InChI is InChI=1S/C19H22N4O3S/c1-12(2)26-14-5-4-13-8-20-19(16(13)6-14)17-7-18(22-11-21-17)23-9-15(10-23)27(3,24)25/h4-7,11-12,15H,8-10H2,1-3H3. The number of fused-ring (bicyclic) bond motifs is 1. The number of rotatable bonds is 5. The Morgan fingerprint density at radius 1 is 1.19 bits per heavy atom. The molecule has 0 spiro atoms. The molecule has 8 heteroatoms. The molecule has 2 aliphatic rings. The van der Waals surface area contributed by atoms with Gasteiger partial charge in [-0.1, -0.05) is 6.07 Å². The number of hydrogen-bond acceptors (Lipinski definition) is 7. The van der Waals surface area contributed by atoms with Gasteiger partial charge in [0.15, 0.2) is 9.84 Å². The number of aliphatic imine (C=N–C) groups is 1. The van der Waals surface area contributed by atoms with Crippen molar-refractivity contribution in [1.82, 2.24) is 9.97 Å². The Bertz CT molecular complexity index is 1010. The Labute approximate surface area is 159 Å².